The number of nitrogens with two attached hydrogens (primary N) is 1. The van der Waals surface area contributed by atoms with Crippen LogP contribution in [0.25, 0.3) is 0 Å². The van der Waals surface area contributed by atoms with Gasteiger partial charge in [-0.15, -0.1) is 0 Å². The van der Waals surface area contributed by atoms with Gasteiger partial charge in [0, 0.05) is 19.4 Å². The molecule has 7 nitrogen and oxygen atoms in total. The van der Waals surface area contributed by atoms with Crippen LogP contribution in [-0.4, -0.2) is 42.8 Å². The molecule has 21 heavy (non-hydrogen) atoms. The summed E-state index contributed by atoms with van der Waals surface area (Å²) in [5, 5.41) is 0. The Morgan fingerprint density at radius 3 is 2.38 bits per heavy atom. The van der Waals surface area contributed by atoms with E-state index in [2.05, 4.69) is 4.72 Å². The van der Waals surface area contributed by atoms with E-state index in [1.807, 2.05) is 6.92 Å². The minimum atomic E-state index is -3.93. The molecule has 1 aromatic carbocycles. The third-order valence-electron chi connectivity index (χ3n) is 2.89. The molecule has 0 amide bonds. The molecular weight excluding hydrogens is 316 g/mol. The normalized spacial score (nSPS) is 14.0. The molecule has 0 aliphatic heterocycles. The third-order valence-corrected chi connectivity index (χ3v) is 5.57. The molecule has 0 saturated carbocycles. The first-order valence-electron chi connectivity index (χ1n) is 6.22. The molecule has 0 spiro atoms. The highest BCUT2D eigenvalue weighted by atomic mass is 32.2. The van der Waals surface area contributed by atoms with Crippen molar-refractivity contribution in [2.45, 2.75) is 29.2 Å². The fourth-order valence-corrected chi connectivity index (χ4v) is 3.88. The monoisotopic (exact) mass is 336 g/mol. The van der Waals surface area contributed by atoms with Crippen LogP contribution in [0.1, 0.15) is 13.3 Å². The molecule has 3 N–H and O–H groups in total. The van der Waals surface area contributed by atoms with Crippen LogP contribution in [-0.2, 0) is 24.6 Å². The van der Waals surface area contributed by atoms with Crippen molar-refractivity contribution in [3.05, 3.63) is 18.2 Å². The first kappa shape index (κ1) is 17.9. The van der Waals surface area contributed by atoms with E-state index in [0.717, 1.165) is 12.3 Å². The van der Waals surface area contributed by atoms with Crippen molar-refractivity contribution in [1.29, 1.82) is 0 Å². The number of rotatable bonds is 7. The largest absolute Gasteiger partial charge is 0.398 e. The molecular formula is C12H20N2O5S2. The molecule has 120 valence electrons. The molecule has 0 heterocycles. The van der Waals surface area contributed by atoms with Gasteiger partial charge in [0.05, 0.1) is 17.2 Å². The lowest BCUT2D eigenvalue weighted by Gasteiger charge is -2.17. The summed E-state index contributed by atoms with van der Waals surface area (Å²) in [6.07, 6.45) is 1.53. The van der Waals surface area contributed by atoms with Gasteiger partial charge in [0.1, 0.15) is 4.90 Å². The number of sulfonamides is 1. The molecule has 0 aliphatic carbocycles. The van der Waals surface area contributed by atoms with Gasteiger partial charge in [0.25, 0.3) is 0 Å². The van der Waals surface area contributed by atoms with E-state index in [9.17, 15) is 16.8 Å². The van der Waals surface area contributed by atoms with E-state index in [4.69, 9.17) is 10.5 Å². The van der Waals surface area contributed by atoms with Gasteiger partial charge >= 0.3 is 0 Å². The van der Waals surface area contributed by atoms with Crippen molar-refractivity contribution in [1.82, 2.24) is 4.72 Å². The zero-order valence-corrected chi connectivity index (χ0v) is 13.8. The topological polar surface area (TPSA) is 116 Å². The lowest BCUT2D eigenvalue weighted by molar-refractivity contribution is 0.173. The quantitative estimate of drug-likeness (QED) is 0.695. The number of nitrogen functional groups attached to an aromatic ring is 1. The predicted octanol–water partition coefficient (Wildman–Crippen LogP) is 0.376. The summed E-state index contributed by atoms with van der Waals surface area (Å²) in [6, 6.07) is 3.19. The van der Waals surface area contributed by atoms with Crippen LogP contribution in [0.5, 0.6) is 0 Å². The highest BCUT2D eigenvalue weighted by molar-refractivity contribution is 7.91. The molecule has 0 radical (unpaired) electrons. The number of benzene rings is 1. The summed E-state index contributed by atoms with van der Waals surface area (Å²) in [5.41, 5.74) is 5.65. The number of hydrogen-bond acceptors (Lipinski definition) is 6. The first-order valence-corrected chi connectivity index (χ1v) is 9.60. The lowest BCUT2D eigenvalue weighted by atomic mass is 10.3. The number of hydrogen-bond donors (Lipinski definition) is 2. The zero-order valence-electron chi connectivity index (χ0n) is 12.2. The van der Waals surface area contributed by atoms with E-state index in [-0.39, 0.29) is 22.1 Å². The summed E-state index contributed by atoms with van der Waals surface area (Å²) in [5.74, 6) is 0. The van der Waals surface area contributed by atoms with Crippen molar-refractivity contribution < 1.29 is 21.6 Å². The van der Waals surface area contributed by atoms with Gasteiger partial charge in [0.15, 0.2) is 9.84 Å². The average Bonchev–Trinajstić information content (AvgIpc) is 2.36. The summed E-state index contributed by atoms with van der Waals surface area (Å²) in [7, 11) is -5.98. The molecule has 1 atom stereocenters. The predicted molar refractivity (Wildman–Crippen MR) is 80.2 cm³/mol. The van der Waals surface area contributed by atoms with Crippen LogP contribution < -0.4 is 10.5 Å². The maximum absolute atomic E-state index is 12.3. The van der Waals surface area contributed by atoms with Gasteiger partial charge < -0.3 is 10.5 Å². The van der Waals surface area contributed by atoms with Crippen LogP contribution in [0.2, 0.25) is 0 Å². The maximum Gasteiger partial charge on any atom is 0.242 e. The van der Waals surface area contributed by atoms with E-state index < -0.39 is 25.9 Å². The summed E-state index contributed by atoms with van der Waals surface area (Å²) in [6.45, 7) is 2.02. The Balaban J connectivity index is 3.25. The fourth-order valence-electron chi connectivity index (χ4n) is 1.70. The van der Waals surface area contributed by atoms with E-state index in [1.165, 1.54) is 19.2 Å². The molecule has 0 saturated heterocycles. The number of anilines is 1. The zero-order chi connectivity index (χ0) is 16.3. The standard InChI is InChI=1S/C12H20N2O5S2/c1-4-9(8-19-2)14-21(17,18)12-7-10(20(3,15)16)5-6-11(12)13/h5-7,9,14H,4,8,13H2,1-3H3. The van der Waals surface area contributed by atoms with Crippen molar-refractivity contribution in [2.24, 2.45) is 0 Å². The second kappa shape index (κ2) is 6.73. The Morgan fingerprint density at radius 1 is 1.29 bits per heavy atom. The fraction of sp³-hybridized carbons (Fsp3) is 0.500. The number of nitrogens with one attached hydrogen (secondary N) is 1. The van der Waals surface area contributed by atoms with Gasteiger partial charge in [-0.3, -0.25) is 0 Å². The Morgan fingerprint density at radius 2 is 1.90 bits per heavy atom. The highest BCUT2D eigenvalue weighted by Crippen LogP contribution is 2.22. The van der Waals surface area contributed by atoms with Crippen molar-refractivity contribution in [3.8, 4) is 0 Å². The summed E-state index contributed by atoms with van der Waals surface area (Å²) in [4.78, 5) is -0.350. The van der Waals surface area contributed by atoms with Crippen LogP contribution >= 0.6 is 0 Å². The van der Waals surface area contributed by atoms with E-state index in [1.54, 1.807) is 0 Å². The maximum atomic E-state index is 12.3. The van der Waals surface area contributed by atoms with Gasteiger partial charge in [0.2, 0.25) is 10.0 Å². The second-order valence-corrected chi connectivity index (χ2v) is 8.35. The van der Waals surface area contributed by atoms with E-state index in [0.29, 0.717) is 6.42 Å². The Hall–Kier alpha value is -1.16. The summed E-state index contributed by atoms with van der Waals surface area (Å²) < 4.78 is 55.1. The van der Waals surface area contributed by atoms with Crippen molar-refractivity contribution in [2.75, 3.05) is 25.7 Å². The summed E-state index contributed by atoms with van der Waals surface area (Å²) >= 11 is 0. The molecule has 0 fully saturated rings. The first-order chi connectivity index (χ1) is 9.61. The second-order valence-electron chi connectivity index (χ2n) is 4.65. The molecule has 9 heteroatoms. The molecule has 0 aromatic heterocycles. The van der Waals surface area contributed by atoms with Gasteiger partial charge in [-0.1, -0.05) is 6.92 Å². The molecule has 0 aliphatic rings. The minimum absolute atomic E-state index is 0.0119. The Labute approximate surface area is 125 Å². The SMILES string of the molecule is CCC(COC)NS(=O)(=O)c1cc(S(C)(=O)=O)ccc1N. The van der Waals surface area contributed by atoms with Crippen LogP contribution in [0.15, 0.2) is 28.0 Å². The Bertz CT molecular complexity index is 698. The van der Waals surface area contributed by atoms with Gasteiger partial charge in [-0.25, -0.2) is 21.6 Å². The molecule has 1 aromatic rings. The minimum Gasteiger partial charge on any atom is -0.398 e. The molecule has 0 bridgehead atoms. The van der Waals surface area contributed by atoms with Crippen LogP contribution in [0.3, 0.4) is 0 Å². The molecule has 1 unspecified atom stereocenters. The van der Waals surface area contributed by atoms with Crippen LogP contribution in [0, 0.1) is 0 Å². The van der Waals surface area contributed by atoms with Gasteiger partial charge in [-0.2, -0.15) is 0 Å². The van der Waals surface area contributed by atoms with Crippen LogP contribution in [0.4, 0.5) is 5.69 Å². The number of sulfone groups is 1. The lowest BCUT2D eigenvalue weighted by Crippen LogP contribution is -2.37. The average molecular weight is 336 g/mol. The van der Waals surface area contributed by atoms with Crippen molar-refractivity contribution in [3.63, 3.8) is 0 Å². The molecule has 1 rings (SSSR count). The van der Waals surface area contributed by atoms with Crippen molar-refractivity contribution >= 4 is 25.5 Å². The highest BCUT2D eigenvalue weighted by Gasteiger charge is 2.23. The third kappa shape index (κ3) is 4.67. The van der Waals surface area contributed by atoms with E-state index >= 15 is 0 Å². The Kier molecular flexibility index (Phi) is 5.74. The smallest absolute Gasteiger partial charge is 0.242 e. The number of methoxy groups -OCH3 is 1. The number of ether oxygens (including phenoxy) is 1. The van der Waals surface area contributed by atoms with Gasteiger partial charge in [-0.05, 0) is 24.6 Å².